The first-order valence-corrected chi connectivity index (χ1v) is 8.49. The van der Waals surface area contributed by atoms with E-state index in [1.807, 2.05) is 6.92 Å². The lowest BCUT2D eigenvalue weighted by Crippen LogP contribution is -2.39. The average Bonchev–Trinajstić information content (AvgIpc) is 2.86. The molecule has 18 heavy (non-hydrogen) atoms. The lowest BCUT2D eigenvalue weighted by molar-refractivity contribution is 0.394. The van der Waals surface area contributed by atoms with Gasteiger partial charge < -0.3 is 5.73 Å². The molecule has 1 aliphatic heterocycles. The van der Waals surface area contributed by atoms with Crippen molar-refractivity contribution in [3.05, 3.63) is 15.4 Å². The van der Waals surface area contributed by atoms with Crippen LogP contribution in [0.1, 0.15) is 18.4 Å². The van der Waals surface area contributed by atoms with E-state index in [2.05, 4.69) is 15.9 Å². The molecule has 1 unspecified atom stereocenters. The van der Waals surface area contributed by atoms with Crippen LogP contribution in [0.4, 0.5) is 0 Å². The summed E-state index contributed by atoms with van der Waals surface area (Å²) in [7, 11) is -3.36. The monoisotopic (exact) mass is 374 g/mol. The standard InChI is InChI=1S/C10H15BrN2O2S2.ClH/c1-7-5-9(16-10(7)11)17(14,15)13-4-2-3-8(13)6-12;/h5,8H,2-4,6,12H2,1H3;1H. The highest BCUT2D eigenvalue weighted by atomic mass is 79.9. The Morgan fingerprint density at radius 2 is 2.28 bits per heavy atom. The number of hydrogen-bond acceptors (Lipinski definition) is 4. The quantitative estimate of drug-likeness (QED) is 0.882. The highest BCUT2D eigenvalue weighted by molar-refractivity contribution is 9.11. The zero-order valence-electron chi connectivity index (χ0n) is 9.93. The van der Waals surface area contributed by atoms with E-state index in [0.29, 0.717) is 17.3 Å². The van der Waals surface area contributed by atoms with E-state index in [1.165, 1.54) is 11.3 Å². The van der Waals surface area contributed by atoms with Crippen LogP contribution >= 0.6 is 39.7 Å². The van der Waals surface area contributed by atoms with Crippen molar-refractivity contribution in [2.24, 2.45) is 5.73 Å². The molecule has 2 N–H and O–H groups in total. The van der Waals surface area contributed by atoms with Gasteiger partial charge in [-0.15, -0.1) is 23.7 Å². The maximum atomic E-state index is 12.4. The van der Waals surface area contributed by atoms with Crippen LogP contribution in [0.25, 0.3) is 0 Å². The van der Waals surface area contributed by atoms with Crippen LogP contribution in [-0.4, -0.2) is 31.9 Å². The minimum Gasteiger partial charge on any atom is -0.329 e. The predicted molar refractivity (Wildman–Crippen MR) is 80.0 cm³/mol. The molecule has 0 spiro atoms. The molecule has 2 heterocycles. The van der Waals surface area contributed by atoms with Crippen molar-refractivity contribution in [2.45, 2.75) is 30.0 Å². The third-order valence-electron chi connectivity index (χ3n) is 2.99. The van der Waals surface area contributed by atoms with Crippen molar-refractivity contribution in [3.63, 3.8) is 0 Å². The minimum absolute atomic E-state index is 0. The second kappa shape index (κ2) is 6.19. The summed E-state index contributed by atoms with van der Waals surface area (Å²) in [6.45, 7) is 2.87. The first-order chi connectivity index (χ1) is 7.96. The van der Waals surface area contributed by atoms with Crippen molar-refractivity contribution in [3.8, 4) is 0 Å². The van der Waals surface area contributed by atoms with E-state index in [-0.39, 0.29) is 18.4 Å². The topological polar surface area (TPSA) is 63.4 Å². The average molecular weight is 376 g/mol. The first kappa shape index (κ1) is 16.4. The Kier molecular flexibility index (Phi) is 5.64. The van der Waals surface area contributed by atoms with E-state index < -0.39 is 10.0 Å². The molecule has 8 heteroatoms. The Labute approximate surface area is 126 Å². The summed E-state index contributed by atoms with van der Waals surface area (Å²) in [5.41, 5.74) is 6.58. The van der Waals surface area contributed by atoms with Crippen molar-refractivity contribution in [1.82, 2.24) is 4.31 Å². The fourth-order valence-electron chi connectivity index (χ4n) is 2.04. The molecule has 0 aromatic carbocycles. The summed E-state index contributed by atoms with van der Waals surface area (Å²) < 4.78 is 27.7. The number of thiophene rings is 1. The number of aryl methyl sites for hydroxylation is 1. The van der Waals surface area contributed by atoms with Gasteiger partial charge in [0.25, 0.3) is 10.0 Å². The van der Waals surface area contributed by atoms with Crippen LogP contribution in [0.3, 0.4) is 0 Å². The third-order valence-corrected chi connectivity index (χ3v) is 7.53. The molecule has 1 atom stereocenters. The van der Waals surface area contributed by atoms with Crippen molar-refractivity contribution in [1.29, 1.82) is 0 Å². The fourth-order valence-corrected chi connectivity index (χ4v) is 6.10. The van der Waals surface area contributed by atoms with E-state index >= 15 is 0 Å². The number of halogens is 2. The molecule has 1 aromatic heterocycles. The van der Waals surface area contributed by atoms with Crippen LogP contribution in [0, 0.1) is 6.92 Å². The SMILES string of the molecule is Cc1cc(S(=O)(=O)N2CCCC2CN)sc1Br.Cl. The summed E-state index contributed by atoms with van der Waals surface area (Å²) in [6, 6.07) is 1.68. The van der Waals surface area contributed by atoms with E-state index in [9.17, 15) is 8.42 Å². The lowest BCUT2D eigenvalue weighted by Gasteiger charge is -2.21. The van der Waals surface area contributed by atoms with Gasteiger partial charge in [-0.25, -0.2) is 8.42 Å². The van der Waals surface area contributed by atoms with Crippen molar-refractivity contribution >= 4 is 49.7 Å². The summed E-state index contributed by atoms with van der Waals surface area (Å²) in [6.07, 6.45) is 1.76. The second-order valence-corrected chi connectivity index (χ2v) is 8.66. The predicted octanol–water partition coefficient (Wildman–Crippen LogP) is 2.35. The molecule has 2 rings (SSSR count). The molecular formula is C10H16BrClN2O2S2. The number of sulfonamides is 1. The number of nitrogens with zero attached hydrogens (tertiary/aromatic N) is 1. The lowest BCUT2D eigenvalue weighted by atomic mass is 10.2. The molecule has 1 aliphatic rings. The van der Waals surface area contributed by atoms with Gasteiger partial charge in [0.05, 0.1) is 3.79 Å². The summed E-state index contributed by atoms with van der Waals surface area (Å²) in [5, 5.41) is 0. The Balaban J connectivity index is 0.00000162. The molecule has 1 fully saturated rings. The Bertz CT molecular complexity index is 498. The van der Waals surface area contributed by atoms with E-state index in [4.69, 9.17) is 5.73 Å². The maximum Gasteiger partial charge on any atom is 0.252 e. The van der Waals surface area contributed by atoms with Gasteiger partial charge in [0, 0.05) is 19.1 Å². The second-order valence-electron chi connectivity index (χ2n) is 4.17. The molecule has 0 amide bonds. The van der Waals surface area contributed by atoms with Crippen LogP contribution in [0.2, 0.25) is 0 Å². The zero-order chi connectivity index (χ0) is 12.6. The largest absolute Gasteiger partial charge is 0.329 e. The van der Waals surface area contributed by atoms with Crippen molar-refractivity contribution in [2.75, 3.05) is 13.1 Å². The highest BCUT2D eigenvalue weighted by Crippen LogP contribution is 2.34. The van der Waals surface area contributed by atoms with Crippen LogP contribution in [0.5, 0.6) is 0 Å². The normalized spacial score (nSPS) is 20.9. The number of hydrogen-bond donors (Lipinski definition) is 1. The fraction of sp³-hybridized carbons (Fsp3) is 0.600. The van der Waals surface area contributed by atoms with Gasteiger partial charge in [-0.05, 0) is 47.3 Å². The summed E-state index contributed by atoms with van der Waals surface area (Å²) >= 11 is 4.63. The van der Waals surface area contributed by atoms with E-state index in [0.717, 1.165) is 22.2 Å². The smallest absolute Gasteiger partial charge is 0.252 e. The van der Waals surface area contributed by atoms with Gasteiger partial charge in [-0.2, -0.15) is 4.31 Å². The molecule has 0 saturated carbocycles. The van der Waals surface area contributed by atoms with Gasteiger partial charge in [0.2, 0.25) is 0 Å². The van der Waals surface area contributed by atoms with Gasteiger partial charge in [0.1, 0.15) is 4.21 Å². The van der Waals surface area contributed by atoms with Crippen LogP contribution < -0.4 is 5.73 Å². The number of rotatable bonds is 3. The van der Waals surface area contributed by atoms with Gasteiger partial charge in [0.15, 0.2) is 0 Å². The molecule has 1 aromatic rings. The highest BCUT2D eigenvalue weighted by Gasteiger charge is 2.35. The van der Waals surface area contributed by atoms with E-state index in [1.54, 1.807) is 10.4 Å². The van der Waals surface area contributed by atoms with Crippen LogP contribution in [0.15, 0.2) is 14.1 Å². The van der Waals surface area contributed by atoms with Gasteiger partial charge >= 0.3 is 0 Å². The summed E-state index contributed by atoms with van der Waals surface area (Å²) in [5.74, 6) is 0. The molecule has 0 aliphatic carbocycles. The molecule has 0 bridgehead atoms. The zero-order valence-corrected chi connectivity index (χ0v) is 14.0. The first-order valence-electron chi connectivity index (χ1n) is 5.44. The van der Waals surface area contributed by atoms with Crippen LogP contribution in [-0.2, 0) is 10.0 Å². The number of nitrogens with two attached hydrogens (primary N) is 1. The van der Waals surface area contributed by atoms with Gasteiger partial charge in [-0.1, -0.05) is 0 Å². The molecule has 0 radical (unpaired) electrons. The molecule has 4 nitrogen and oxygen atoms in total. The Morgan fingerprint density at radius 3 is 2.78 bits per heavy atom. The minimum atomic E-state index is -3.36. The Hall–Kier alpha value is 0.340. The Morgan fingerprint density at radius 1 is 1.61 bits per heavy atom. The molecule has 1 saturated heterocycles. The van der Waals surface area contributed by atoms with Gasteiger partial charge in [-0.3, -0.25) is 0 Å². The molecular weight excluding hydrogens is 360 g/mol. The summed E-state index contributed by atoms with van der Waals surface area (Å²) in [4.78, 5) is 0. The maximum absolute atomic E-state index is 12.4. The molecule has 104 valence electrons. The van der Waals surface area contributed by atoms with Crippen molar-refractivity contribution < 1.29 is 8.42 Å². The third kappa shape index (κ3) is 2.91.